The maximum absolute atomic E-state index is 12.4. The van der Waals surface area contributed by atoms with E-state index in [4.69, 9.17) is 11.6 Å². The molecule has 2 nitrogen and oxygen atoms in total. The van der Waals surface area contributed by atoms with E-state index in [1.807, 2.05) is 0 Å². The molecule has 0 bridgehead atoms. The third kappa shape index (κ3) is 4.78. The molecule has 0 saturated heterocycles. The minimum absolute atomic E-state index is 0.0291. The lowest BCUT2D eigenvalue weighted by molar-refractivity contribution is -0.137. The van der Waals surface area contributed by atoms with Crippen molar-refractivity contribution in [2.45, 2.75) is 6.18 Å². The van der Waals surface area contributed by atoms with Crippen molar-refractivity contribution in [1.82, 2.24) is 4.98 Å². The Bertz CT molecular complexity index is 410. The van der Waals surface area contributed by atoms with Crippen LogP contribution in [0.4, 0.5) is 19.0 Å². The summed E-state index contributed by atoms with van der Waals surface area (Å²) in [6, 6.07) is 0.869. The number of halogens is 4. The van der Waals surface area contributed by atoms with Gasteiger partial charge in [-0.05, 0) is 6.07 Å². The van der Waals surface area contributed by atoms with Crippen LogP contribution in [-0.4, -0.2) is 23.0 Å². The number of nitrogens with zero attached hydrogens (tertiary/aromatic N) is 1. The molecule has 0 atom stereocenters. The second-order valence-corrected chi connectivity index (χ2v) is 4.90. The molecule has 0 aliphatic carbocycles. The van der Waals surface area contributed by atoms with E-state index >= 15 is 0 Å². The summed E-state index contributed by atoms with van der Waals surface area (Å²) in [5.41, 5.74) is -0.848. The second kappa shape index (κ2) is 6.89. The average molecular weight is 297 g/mol. The Labute approximate surface area is 113 Å². The number of alkyl halides is 3. The first-order valence-electron chi connectivity index (χ1n) is 5.10. The zero-order chi connectivity index (χ0) is 13.6. The molecule has 1 heterocycles. The van der Waals surface area contributed by atoms with Crippen LogP contribution in [0.2, 0.25) is 5.02 Å². The van der Waals surface area contributed by atoms with Gasteiger partial charge in [-0.25, -0.2) is 4.98 Å². The van der Waals surface area contributed by atoms with Crippen LogP contribution in [0.5, 0.6) is 0 Å². The van der Waals surface area contributed by atoms with Gasteiger partial charge in [-0.15, -0.1) is 6.58 Å². The number of hydrogen-bond acceptors (Lipinski definition) is 3. The minimum atomic E-state index is -4.42. The Morgan fingerprint density at radius 1 is 1.50 bits per heavy atom. The monoisotopic (exact) mass is 296 g/mol. The van der Waals surface area contributed by atoms with Crippen molar-refractivity contribution in [3.05, 3.63) is 35.5 Å². The molecule has 0 spiro atoms. The molecule has 7 heteroatoms. The summed E-state index contributed by atoms with van der Waals surface area (Å²) in [6.07, 6.45) is -1.87. The van der Waals surface area contributed by atoms with Crippen molar-refractivity contribution in [1.29, 1.82) is 0 Å². The van der Waals surface area contributed by atoms with E-state index in [0.717, 1.165) is 23.8 Å². The molecule has 0 amide bonds. The molecule has 1 rings (SSSR count). The SMILES string of the molecule is C=CCSCCNc1ncc(C(F)(F)F)cc1Cl. The Balaban J connectivity index is 2.55. The van der Waals surface area contributed by atoms with E-state index in [-0.39, 0.29) is 10.8 Å². The fourth-order valence-corrected chi connectivity index (χ4v) is 1.94. The summed E-state index contributed by atoms with van der Waals surface area (Å²) in [4.78, 5) is 3.67. The summed E-state index contributed by atoms with van der Waals surface area (Å²) >= 11 is 7.38. The minimum Gasteiger partial charge on any atom is -0.368 e. The van der Waals surface area contributed by atoms with Crippen LogP contribution in [0.1, 0.15) is 5.56 Å². The average Bonchev–Trinajstić information content (AvgIpc) is 2.29. The first-order chi connectivity index (χ1) is 8.45. The van der Waals surface area contributed by atoms with E-state index in [0.29, 0.717) is 6.54 Å². The number of hydrogen-bond donors (Lipinski definition) is 1. The van der Waals surface area contributed by atoms with Crippen molar-refractivity contribution < 1.29 is 13.2 Å². The van der Waals surface area contributed by atoms with E-state index in [2.05, 4.69) is 16.9 Å². The fraction of sp³-hybridized carbons (Fsp3) is 0.364. The van der Waals surface area contributed by atoms with Crippen molar-refractivity contribution >= 4 is 29.2 Å². The molecule has 0 fully saturated rings. The van der Waals surface area contributed by atoms with Crippen LogP contribution in [0.15, 0.2) is 24.9 Å². The highest BCUT2D eigenvalue weighted by Crippen LogP contribution is 2.32. The third-order valence-corrected chi connectivity index (χ3v) is 3.20. The summed E-state index contributed by atoms with van der Waals surface area (Å²) in [7, 11) is 0. The molecule has 100 valence electrons. The second-order valence-electron chi connectivity index (χ2n) is 3.34. The Morgan fingerprint density at radius 3 is 2.78 bits per heavy atom. The van der Waals surface area contributed by atoms with Crippen molar-refractivity contribution in [2.75, 3.05) is 23.4 Å². The maximum Gasteiger partial charge on any atom is 0.417 e. The van der Waals surface area contributed by atoms with Crippen LogP contribution in [0.3, 0.4) is 0 Å². The van der Waals surface area contributed by atoms with Gasteiger partial charge in [-0.1, -0.05) is 17.7 Å². The van der Waals surface area contributed by atoms with Gasteiger partial charge >= 0.3 is 6.18 Å². The van der Waals surface area contributed by atoms with Crippen LogP contribution < -0.4 is 5.32 Å². The van der Waals surface area contributed by atoms with Crippen LogP contribution >= 0.6 is 23.4 Å². The number of nitrogens with one attached hydrogen (secondary N) is 1. The Hall–Kier alpha value is -0.880. The van der Waals surface area contributed by atoms with Crippen molar-refractivity contribution in [3.63, 3.8) is 0 Å². The van der Waals surface area contributed by atoms with Gasteiger partial charge in [0.15, 0.2) is 0 Å². The molecule has 1 aromatic heterocycles. The van der Waals surface area contributed by atoms with Crippen LogP contribution in [0, 0.1) is 0 Å². The summed E-state index contributed by atoms with van der Waals surface area (Å²) in [5.74, 6) is 1.89. The first kappa shape index (κ1) is 15.2. The van der Waals surface area contributed by atoms with E-state index in [1.54, 1.807) is 17.8 Å². The quantitative estimate of drug-likeness (QED) is 0.632. The molecule has 0 aromatic carbocycles. The van der Waals surface area contributed by atoms with Crippen molar-refractivity contribution in [3.8, 4) is 0 Å². The third-order valence-electron chi connectivity index (χ3n) is 1.94. The maximum atomic E-state index is 12.4. The largest absolute Gasteiger partial charge is 0.417 e. The highest BCUT2D eigenvalue weighted by molar-refractivity contribution is 7.99. The lowest BCUT2D eigenvalue weighted by atomic mass is 10.3. The lowest BCUT2D eigenvalue weighted by Gasteiger charge is -2.10. The van der Waals surface area contributed by atoms with Gasteiger partial charge in [0.25, 0.3) is 0 Å². The molecule has 1 N–H and O–H groups in total. The number of rotatable bonds is 6. The molecule has 0 aliphatic rings. The predicted molar refractivity (Wildman–Crippen MR) is 70.3 cm³/mol. The zero-order valence-corrected chi connectivity index (χ0v) is 11.0. The standard InChI is InChI=1S/C11H12ClF3N2S/c1-2-4-18-5-3-16-10-9(12)6-8(7-17-10)11(13,14)15/h2,6-7H,1,3-5H2,(H,16,17). The number of thioether (sulfide) groups is 1. The topological polar surface area (TPSA) is 24.9 Å². The fourth-order valence-electron chi connectivity index (χ4n) is 1.13. The number of pyridine rings is 1. The number of anilines is 1. The Kier molecular flexibility index (Phi) is 5.81. The summed E-state index contributed by atoms with van der Waals surface area (Å²) in [5, 5.41) is 2.86. The molecule has 0 aliphatic heterocycles. The van der Waals surface area contributed by atoms with Crippen LogP contribution in [-0.2, 0) is 6.18 Å². The van der Waals surface area contributed by atoms with E-state index in [1.165, 1.54) is 0 Å². The molecule has 0 saturated carbocycles. The molecule has 0 radical (unpaired) electrons. The summed E-state index contributed by atoms with van der Waals surface area (Å²) in [6.45, 7) is 4.16. The Morgan fingerprint density at radius 2 is 2.22 bits per heavy atom. The lowest BCUT2D eigenvalue weighted by Crippen LogP contribution is -2.09. The molecule has 18 heavy (non-hydrogen) atoms. The van der Waals surface area contributed by atoms with Gasteiger partial charge in [0, 0.05) is 24.2 Å². The van der Waals surface area contributed by atoms with Gasteiger partial charge in [0.2, 0.25) is 0 Å². The predicted octanol–water partition coefficient (Wildman–Crippen LogP) is 4.08. The smallest absolute Gasteiger partial charge is 0.368 e. The highest BCUT2D eigenvalue weighted by atomic mass is 35.5. The van der Waals surface area contributed by atoms with Crippen molar-refractivity contribution in [2.24, 2.45) is 0 Å². The van der Waals surface area contributed by atoms with Gasteiger partial charge in [-0.3, -0.25) is 0 Å². The molecular weight excluding hydrogens is 285 g/mol. The normalized spacial score (nSPS) is 11.3. The van der Waals surface area contributed by atoms with E-state index < -0.39 is 11.7 Å². The highest BCUT2D eigenvalue weighted by Gasteiger charge is 2.31. The summed E-state index contributed by atoms with van der Waals surface area (Å²) < 4.78 is 37.1. The van der Waals surface area contributed by atoms with Gasteiger partial charge in [0.1, 0.15) is 5.82 Å². The van der Waals surface area contributed by atoms with Gasteiger partial charge < -0.3 is 5.32 Å². The van der Waals surface area contributed by atoms with Gasteiger partial charge in [-0.2, -0.15) is 24.9 Å². The van der Waals surface area contributed by atoms with Gasteiger partial charge in [0.05, 0.1) is 10.6 Å². The molecule has 1 aromatic rings. The van der Waals surface area contributed by atoms with E-state index in [9.17, 15) is 13.2 Å². The zero-order valence-electron chi connectivity index (χ0n) is 9.43. The molecule has 0 unspecified atom stereocenters. The number of aromatic nitrogens is 1. The molecular formula is C11H12ClF3N2S. The van der Waals surface area contributed by atoms with Crippen LogP contribution in [0.25, 0.3) is 0 Å². The first-order valence-corrected chi connectivity index (χ1v) is 6.63.